The summed E-state index contributed by atoms with van der Waals surface area (Å²) in [5.74, 6) is -0.275. The summed E-state index contributed by atoms with van der Waals surface area (Å²) in [5.41, 5.74) is 0.537. The maximum Gasteiger partial charge on any atom is 0.305 e. The van der Waals surface area contributed by atoms with Crippen LogP contribution in [0.3, 0.4) is 0 Å². The molecule has 0 heterocycles. The summed E-state index contributed by atoms with van der Waals surface area (Å²) in [6, 6.07) is 5.12. The summed E-state index contributed by atoms with van der Waals surface area (Å²) >= 11 is 9.23. The second-order valence-electron chi connectivity index (χ2n) is 4.85. The molecule has 0 bridgehead atoms. The molecule has 1 aromatic rings. The van der Waals surface area contributed by atoms with Crippen LogP contribution in [-0.2, 0) is 9.53 Å². The molecular formula is C16H21BrClNO3. The van der Waals surface area contributed by atoms with Crippen molar-refractivity contribution in [2.24, 2.45) is 0 Å². The SMILES string of the molecule is CCOC(=O)CCCCCCNC(=O)c1cc(Cl)ccc1Br. The van der Waals surface area contributed by atoms with Gasteiger partial charge in [-0.25, -0.2) is 0 Å². The summed E-state index contributed by atoms with van der Waals surface area (Å²) in [7, 11) is 0. The number of hydrogen-bond donors (Lipinski definition) is 1. The summed E-state index contributed by atoms with van der Waals surface area (Å²) in [4.78, 5) is 23.1. The van der Waals surface area contributed by atoms with E-state index in [1.165, 1.54) is 0 Å². The van der Waals surface area contributed by atoms with Gasteiger partial charge in [0.05, 0.1) is 12.2 Å². The largest absolute Gasteiger partial charge is 0.466 e. The van der Waals surface area contributed by atoms with Crippen molar-refractivity contribution < 1.29 is 14.3 Å². The molecule has 0 aliphatic carbocycles. The Morgan fingerprint density at radius 1 is 1.23 bits per heavy atom. The molecule has 0 aliphatic rings. The average Bonchev–Trinajstić information content (AvgIpc) is 2.48. The van der Waals surface area contributed by atoms with E-state index in [2.05, 4.69) is 21.2 Å². The molecule has 4 nitrogen and oxygen atoms in total. The van der Waals surface area contributed by atoms with E-state index in [9.17, 15) is 9.59 Å². The first-order valence-corrected chi connectivity index (χ1v) is 8.60. The van der Waals surface area contributed by atoms with Crippen LogP contribution < -0.4 is 5.32 Å². The number of carbonyl (C=O) groups is 2. The normalized spacial score (nSPS) is 10.3. The van der Waals surface area contributed by atoms with Gasteiger partial charge in [-0.1, -0.05) is 24.4 Å². The molecule has 122 valence electrons. The monoisotopic (exact) mass is 389 g/mol. The molecule has 0 radical (unpaired) electrons. The molecule has 0 unspecified atom stereocenters. The molecule has 0 aromatic heterocycles. The van der Waals surface area contributed by atoms with Crippen molar-refractivity contribution in [3.63, 3.8) is 0 Å². The van der Waals surface area contributed by atoms with E-state index in [0.29, 0.717) is 30.2 Å². The number of nitrogens with one attached hydrogen (secondary N) is 1. The van der Waals surface area contributed by atoms with Crippen LogP contribution in [0, 0.1) is 0 Å². The Morgan fingerprint density at radius 3 is 2.68 bits per heavy atom. The lowest BCUT2D eigenvalue weighted by molar-refractivity contribution is -0.143. The molecule has 0 saturated heterocycles. The minimum Gasteiger partial charge on any atom is -0.466 e. The van der Waals surface area contributed by atoms with Gasteiger partial charge in [0.25, 0.3) is 5.91 Å². The first-order valence-electron chi connectivity index (χ1n) is 7.43. The van der Waals surface area contributed by atoms with Gasteiger partial charge in [-0.05, 0) is 53.9 Å². The quantitative estimate of drug-likeness (QED) is 0.504. The van der Waals surface area contributed by atoms with Crippen molar-refractivity contribution in [2.45, 2.75) is 39.0 Å². The molecule has 1 aromatic carbocycles. The van der Waals surface area contributed by atoms with Gasteiger partial charge in [0.15, 0.2) is 0 Å². The lowest BCUT2D eigenvalue weighted by Crippen LogP contribution is -2.24. The Bertz CT molecular complexity index is 508. The van der Waals surface area contributed by atoms with Crippen molar-refractivity contribution in [2.75, 3.05) is 13.2 Å². The minimum atomic E-state index is -0.138. The molecule has 0 saturated carbocycles. The van der Waals surface area contributed by atoms with Crippen molar-refractivity contribution in [3.8, 4) is 0 Å². The Hall–Kier alpha value is -1.07. The van der Waals surface area contributed by atoms with E-state index in [4.69, 9.17) is 16.3 Å². The Kier molecular flexibility index (Phi) is 9.16. The van der Waals surface area contributed by atoms with Crippen LogP contribution in [0.5, 0.6) is 0 Å². The standard InChI is InChI=1S/C16H21BrClNO3/c1-2-22-15(20)7-5-3-4-6-10-19-16(21)13-11-12(18)8-9-14(13)17/h8-9,11H,2-7,10H2,1H3,(H,19,21). The van der Waals surface area contributed by atoms with Gasteiger partial charge in [0.1, 0.15) is 0 Å². The van der Waals surface area contributed by atoms with Gasteiger partial charge >= 0.3 is 5.97 Å². The summed E-state index contributed by atoms with van der Waals surface area (Å²) in [6.07, 6.45) is 4.10. The van der Waals surface area contributed by atoms with Crippen molar-refractivity contribution in [1.82, 2.24) is 5.32 Å². The third-order valence-corrected chi connectivity index (χ3v) is 4.00. The Balaban J connectivity index is 2.15. The fourth-order valence-electron chi connectivity index (χ4n) is 1.95. The molecule has 22 heavy (non-hydrogen) atoms. The van der Waals surface area contributed by atoms with E-state index in [1.54, 1.807) is 25.1 Å². The van der Waals surface area contributed by atoms with Gasteiger partial charge in [-0.15, -0.1) is 0 Å². The number of halogens is 2. The molecule has 1 N–H and O–H groups in total. The summed E-state index contributed by atoms with van der Waals surface area (Å²) < 4.78 is 5.59. The van der Waals surface area contributed by atoms with Gasteiger partial charge in [0, 0.05) is 22.5 Å². The maximum absolute atomic E-state index is 12.0. The van der Waals surface area contributed by atoms with Crippen LogP contribution in [-0.4, -0.2) is 25.0 Å². The van der Waals surface area contributed by atoms with Crippen LogP contribution in [0.1, 0.15) is 49.4 Å². The van der Waals surface area contributed by atoms with Gasteiger partial charge in [0.2, 0.25) is 0 Å². The predicted molar refractivity (Wildman–Crippen MR) is 91.2 cm³/mol. The van der Waals surface area contributed by atoms with Gasteiger partial charge < -0.3 is 10.1 Å². The number of benzene rings is 1. The molecule has 0 spiro atoms. The highest BCUT2D eigenvalue weighted by atomic mass is 79.9. The van der Waals surface area contributed by atoms with Crippen molar-refractivity contribution >= 4 is 39.4 Å². The zero-order valence-electron chi connectivity index (χ0n) is 12.7. The fraction of sp³-hybridized carbons (Fsp3) is 0.500. The van der Waals surface area contributed by atoms with Crippen molar-refractivity contribution in [1.29, 1.82) is 0 Å². The van der Waals surface area contributed by atoms with Gasteiger partial charge in [-0.2, -0.15) is 0 Å². The number of hydrogen-bond acceptors (Lipinski definition) is 3. The zero-order valence-corrected chi connectivity index (χ0v) is 15.0. The van der Waals surface area contributed by atoms with Crippen LogP contribution in [0.15, 0.2) is 22.7 Å². The molecule has 0 aliphatic heterocycles. The van der Waals surface area contributed by atoms with E-state index in [0.717, 1.165) is 30.2 Å². The molecule has 1 amide bonds. The minimum absolute atomic E-state index is 0.137. The number of unbranched alkanes of at least 4 members (excludes halogenated alkanes) is 3. The van der Waals surface area contributed by atoms with Crippen molar-refractivity contribution in [3.05, 3.63) is 33.3 Å². The van der Waals surface area contributed by atoms with Crippen LogP contribution in [0.4, 0.5) is 0 Å². The third kappa shape index (κ3) is 7.27. The first-order chi connectivity index (χ1) is 10.5. The molecule has 0 fully saturated rings. The van der Waals surface area contributed by atoms with Crippen LogP contribution in [0.25, 0.3) is 0 Å². The third-order valence-electron chi connectivity index (χ3n) is 3.07. The topological polar surface area (TPSA) is 55.4 Å². The van der Waals surface area contributed by atoms with E-state index in [1.807, 2.05) is 0 Å². The van der Waals surface area contributed by atoms with Gasteiger partial charge in [-0.3, -0.25) is 9.59 Å². The first kappa shape index (κ1) is 19.0. The van der Waals surface area contributed by atoms with E-state index >= 15 is 0 Å². The highest BCUT2D eigenvalue weighted by molar-refractivity contribution is 9.10. The second kappa shape index (κ2) is 10.6. The number of rotatable bonds is 9. The number of carbonyl (C=O) groups excluding carboxylic acids is 2. The summed E-state index contributed by atoms with van der Waals surface area (Å²) in [6.45, 7) is 2.85. The molecule has 6 heteroatoms. The lowest BCUT2D eigenvalue weighted by atomic mass is 10.1. The fourth-order valence-corrected chi connectivity index (χ4v) is 2.55. The lowest BCUT2D eigenvalue weighted by Gasteiger charge is -2.07. The number of amides is 1. The zero-order chi connectivity index (χ0) is 16.4. The molecule has 1 rings (SSSR count). The second-order valence-corrected chi connectivity index (χ2v) is 6.14. The van der Waals surface area contributed by atoms with Crippen LogP contribution >= 0.6 is 27.5 Å². The van der Waals surface area contributed by atoms with E-state index < -0.39 is 0 Å². The maximum atomic E-state index is 12.0. The average molecular weight is 391 g/mol. The summed E-state index contributed by atoms with van der Waals surface area (Å²) in [5, 5.41) is 3.40. The molecule has 0 atom stereocenters. The Labute approximate surface area is 144 Å². The Morgan fingerprint density at radius 2 is 1.95 bits per heavy atom. The highest BCUT2D eigenvalue weighted by Crippen LogP contribution is 2.21. The van der Waals surface area contributed by atoms with E-state index in [-0.39, 0.29) is 11.9 Å². The number of ether oxygens (including phenoxy) is 1. The smallest absolute Gasteiger partial charge is 0.305 e. The van der Waals surface area contributed by atoms with Crippen LogP contribution in [0.2, 0.25) is 5.02 Å². The highest BCUT2D eigenvalue weighted by Gasteiger charge is 2.09. The number of esters is 1. The predicted octanol–water partition coefficient (Wildman–Crippen LogP) is 4.35. The molecular weight excluding hydrogens is 370 g/mol.